The summed E-state index contributed by atoms with van der Waals surface area (Å²) in [6.07, 6.45) is 4.66. The van der Waals surface area contributed by atoms with E-state index in [1.807, 2.05) is 36.9 Å². The minimum atomic E-state index is 0.0491. The molecular formula is C29H35NO5. The first-order chi connectivity index (χ1) is 16.8. The maximum Gasteiger partial charge on any atom is 0.246 e. The van der Waals surface area contributed by atoms with E-state index in [1.54, 1.807) is 33.7 Å². The van der Waals surface area contributed by atoms with Crippen molar-refractivity contribution in [3.8, 4) is 28.4 Å². The van der Waals surface area contributed by atoms with Crippen LogP contribution < -0.4 is 14.2 Å². The Morgan fingerprint density at radius 3 is 2.34 bits per heavy atom. The van der Waals surface area contributed by atoms with Crippen molar-refractivity contribution in [3.05, 3.63) is 47.7 Å². The highest BCUT2D eigenvalue weighted by Gasteiger charge is 2.25. The van der Waals surface area contributed by atoms with Crippen LogP contribution in [0.4, 0.5) is 0 Å². The molecule has 1 amide bonds. The molecule has 186 valence electrons. The molecule has 0 aliphatic carbocycles. The van der Waals surface area contributed by atoms with Crippen molar-refractivity contribution >= 4 is 22.4 Å². The predicted octanol–water partition coefficient (Wildman–Crippen LogP) is 6.34. The summed E-state index contributed by atoms with van der Waals surface area (Å²) in [6, 6.07) is 7.86. The second-order valence-corrected chi connectivity index (χ2v) is 9.69. The number of rotatable bonds is 6. The zero-order valence-electron chi connectivity index (χ0n) is 21.7. The van der Waals surface area contributed by atoms with Gasteiger partial charge in [0.1, 0.15) is 11.3 Å². The van der Waals surface area contributed by atoms with E-state index in [2.05, 4.69) is 19.9 Å². The molecule has 1 aliphatic heterocycles. The predicted molar refractivity (Wildman–Crippen MR) is 139 cm³/mol. The summed E-state index contributed by atoms with van der Waals surface area (Å²) in [5.41, 5.74) is 5.28. The molecule has 4 rings (SSSR count). The summed E-state index contributed by atoms with van der Waals surface area (Å²) in [5.74, 6) is 3.11. The SMILES string of the molecule is COc1ccc(-c2coc3c(C)c(OC)c(/C(C)=C/C(=O)N4CC(C)CC(C)C4)cc23)cc1OC. The topological polar surface area (TPSA) is 61.1 Å². The molecule has 0 saturated carbocycles. The minimum absolute atomic E-state index is 0.0491. The van der Waals surface area contributed by atoms with Gasteiger partial charge in [0.25, 0.3) is 0 Å². The van der Waals surface area contributed by atoms with E-state index in [9.17, 15) is 4.79 Å². The van der Waals surface area contributed by atoms with Crippen LogP contribution in [0.3, 0.4) is 0 Å². The normalized spacial score (nSPS) is 18.6. The van der Waals surface area contributed by atoms with Crippen molar-refractivity contribution in [3.63, 3.8) is 0 Å². The number of methoxy groups -OCH3 is 3. The second kappa shape index (κ2) is 10.1. The fourth-order valence-corrected chi connectivity index (χ4v) is 5.30. The molecule has 2 unspecified atom stereocenters. The summed E-state index contributed by atoms with van der Waals surface area (Å²) in [6.45, 7) is 9.97. The van der Waals surface area contributed by atoms with Crippen LogP contribution in [0.25, 0.3) is 27.7 Å². The molecule has 35 heavy (non-hydrogen) atoms. The van der Waals surface area contributed by atoms with Gasteiger partial charge in [-0.25, -0.2) is 0 Å². The van der Waals surface area contributed by atoms with Crippen LogP contribution in [-0.4, -0.2) is 45.2 Å². The zero-order valence-corrected chi connectivity index (χ0v) is 21.7. The Hall–Kier alpha value is -3.41. The van der Waals surface area contributed by atoms with Gasteiger partial charge in [0.05, 0.1) is 27.6 Å². The lowest BCUT2D eigenvalue weighted by atomic mass is 9.91. The fourth-order valence-electron chi connectivity index (χ4n) is 5.30. The van der Waals surface area contributed by atoms with E-state index in [4.69, 9.17) is 18.6 Å². The number of likely N-dealkylation sites (tertiary alicyclic amines) is 1. The van der Waals surface area contributed by atoms with Crippen molar-refractivity contribution in [2.45, 2.75) is 34.1 Å². The van der Waals surface area contributed by atoms with Crippen LogP contribution >= 0.6 is 0 Å². The summed E-state index contributed by atoms with van der Waals surface area (Å²) in [7, 11) is 4.89. The first kappa shape index (κ1) is 24.7. The van der Waals surface area contributed by atoms with Gasteiger partial charge in [-0.05, 0) is 61.4 Å². The number of amides is 1. The highest BCUT2D eigenvalue weighted by atomic mass is 16.5. The van der Waals surface area contributed by atoms with Gasteiger partial charge in [-0.15, -0.1) is 0 Å². The Bertz CT molecular complexity index is 1260. The molecule has 6 heteroatoms. The monoisotopic (exact) mass is 477 g/mol. The molecule has 0 radical (unpaired) electrons. The third kappa shape index (κ3) is 4.75. The number of hydrogen-bond donors (Lipinski definition) is 0. The molecule has 0 spiro atoms. The number of benzene rings is 2. The molecular weight excluding hydrogens is 442 g/mol. The molecule has 2 aromatic carbocycles. The summed E-state index contributed by atoms with van der Waals surface area (Å²) in [4.78, 5) is 15.1. The number of ether oxygens (including phenoxy) is 3. The van der Waals surface area contributed by atoms with Gasteiger partial charge in [0, 0.05) is 41.2 Å². The number of piperidine rings is 1. The fraction of sp³-hybridized carbons (Fsp3) is 0.414. The highest BCUT2D eigenvalue weighted by molar-refractivity contribution is 6.02. The second-order valence-electron chi connectivity index (χ2n) is 9.69. The molecule has 2 heterocycles. The number of fused-ring (bicyclic) bond motifs is 1. The average molecular weight is 478 g/mol. The van der Waals surface area contributed by atoms with Crippen LogP contribution in [-0.2, 0) is 4.79 Å². The molecule has 1 aliphatic rings. The van der Waals surface area contributed by atoms with Gasteiger partial charge >= 0.3 is 0 Å². The molecule has 1 aromatic heterocycles. The van der Waals surface area contributed by atoms with Crippen LogP contribution in [0.2, 0.25) is 0 Å². The van der Waals surface area contributed by atoms with E-state index in [0.717, 1.165) is 58.3 Å². The third-order valence-electron chi connectivity index (χ3n) is 6.89. The average Bonchev–Trinajstić information content (AvgIpc) is 3.27. The lowest BCUT2D eigenvalue weighted by molar-refractivity contribution is -0.128. The lowest BCUT2D eigenvalue weighted by Crippen LogP contribution is -2.41. The van der Waals surface area contributed by atoms with Gasteiger partial charge < -0.3 is 23.5 Å². The molecule has 3 aromatic rings. The lowest BCUT2D eigenvalue weighted by Gasteiger charge is -2.34. The van der Waals surface area contributed by atoms with Crippen LogP contribution in [0.5, 0.6) is 17.2 Å². The van der Waals surface area contributed by atoms with E-state index in [-0.39, 0.29) is 5.91 Å². The summed E-state index contributed by atoms with van der Waals surface area (Å²) >= 11 is 0. The van der Waals surface area contributed by atoms with Crippen LogP contribution in [0, 0.1) is 18.8 Å². The van der Waals surface area contributed by atoms with Crippen LogP contribution in [0.15, 0.2) is 41.0 Å². The first-order valence-electron chi connectivity index (χ1n) is 12.1. The Kier molecular flexibility index (Phi) is 7.10. The number of hydrogen-bond acceptors (Lipinski definition) is 5. The number of aryl methyl sites for hydroxylation is 1. The Morgan fingerprint density at radius 1 is 1.03 bits per heavy atom. The van der Waals surface area contributed by atoms with Gasteiger partial charge in [-0.2, -0.15) is 0 Å². The van der Waals surface area contributed by atoms with Gasteiger partial charge in [0.15, 0.2) is 11.5 Å². The van der Waals surface area contributed by atoms with Gasteiger partial charge in [-0.3, -0.25) is 4.79 Å². The Labute approximate surface area is 207 Å². The highest BCUT2D eigenvalue weighted by Crippen LogP contribution is 2.42. The van der Waals surface area contributed by atoms with Gasteiger partial charge in [0.2, 0.25) is 5.91 Å². The Balaban J connectivity index is 1.78. The molecule has 1 saturated heterocycles. The Morgan fingerprint density at radius 2 is 1.71 bits per heavy atom. The van der Waals surface area contributed by atoms with Crippen molar-refractivity contribution in [1.29, 1.82) is 0 Å². The van der Waals surface area contributed by atoms with Crippen molar-refractivity contribution in [2.75, 3.05) is 34.4 Å². The van der Waals surface area contributed by atoms with Crippen molar-refractivity contribution in [2.24, 2.45) is 11.8 Å². The van der Waals surface area contributed by atoms with E-state index in [1.165, 1.54) is 0 Å². The first-order valence-corrected chi connectivity index (χ1v) is 12.1. The largest absolute Gasteiger partial charge is 0.496 e. The standard InChI is InChI=1S/C29H35NO5/c1-17-10-18(2)15-30(14-17)27(31)11-19(3)22-13-23-24(16-35-29(23)20(4)28(22)34-7)21-8-9-25(32-5)26(12-21)33-6/h8-9,11-13,16-18H,10,14-15H2,1-7H3/b19-11+. The number of carbonyl (C=O) groups excluding carboxylic acids is 1. The molecule has 0 bridgehead atoms. The molecule has 0 N–H and O–H groups in total. The van der Waals surface area contributed by atoms with E-state index >= 15 is 0 Å². The third-order valence-corrected chi connectivity index (χ3v) is 6.89. The maximum absolute atomic E-state index is 13.2. The van der Waals surface area contributed by atoms with E-state index in [0.29, 0.717) is 29.1 Å². The molecule has 2 atom stereocenters. The number of carbonyl (C=O) groups is 1. The number of nitrogens with zero attached hydrogens (tertiary/aromatic N) is 1. The molecule has 6 nitrogen and oxygen atoms in total. The number of allylic oxidation sites excluding steroid dienone is 1. The number of furan rings is 1. The van der Waals surface area contributed by atoms with E-state index < -0.39 is 0 Å². The van der Waals surface area contributed by atoms with Crippen LogP contribution in [0.1, 0.15) is 38.3 Å². The summed E-state index contributed by atoms with van der Waals surface area (Å²) in [5, 5.41) is 0.950. The maximum atomic E-state index is 13.2. The summed E-state index contributed by atoms with van der Waals surface area (Å²) < 4.78 is 22.7. The van der Waals surface area contributed by atoms with Crippen molar-refractivity contribution in [1.82, 2.24) is 4.90 Å². The zero-order chi connectivity index (χ0) is 25.3. The smallest absolute Gasteiger partial charge is 0.246 e. The van der Waals surface area contributed by atoms with Gasteiger partial charge in [-0.1, -0.05) is 19.9 Å². The minimum Gasteiger partial charge on any atom is -0.496 e. The quantitative estimate of drug-likeness (QED) is 0.388. The molecule has 1 fully saturated rings. The van der Waals surface area contributed by atoms with Crippen molar-refractivity contribution < 1.29 is 23.4 Å².